The predicted molar refractivity (Wildman–Crippen MR) is 136 cm³/mol. The first-order chi connectivity index (χ1) is 15.3. The predicted octanol–water partition coefficient (Wildman–Crippen LogP) is 8.89. The maximum absolute atomic E-state index is 13.3. The van der Waals surface area contributed by atoms with Gasteiger partial charge in [-0.25, -0.2) is 0 Å². The topological polar surface area (TPSA) is 17.1 Å². The summed E-state index contributed by atoms with van der Waals surface area (Å²) in [5.74, 6) is 4.31. The number of benzene rings is 1. The van der Waals surface area contributed by atoms with E-state index in [0.717, 1.165) is 42.1 Å². The molecule has 0 saturated heterocycles. The van der Waals surface area contributed by atoms with E-state index >= 15 is 0 Å². The molecule has 0 N–H and O–H groups in total. The Balaban J connectivity index is 1.59. The van der Waals surface area contributed by atoms with Crippen LogP contribution in [0.1, 0.15) is 109 Å². The van der Waals surface area contributed by atoms with E-state index in [1.165, 1.54) is 56.9 Å². The molecule has 0 bridgehead atoms. The molecule has 0 heterocycles. The molecule has 3 aliphatic rings. The summed E-state index contributed by atoms with van der Waals surface area (Å²) >= 11 is 0. The highest BCUT2D eigenvalue weighted by molar-refractivity contribution is 5.96. The molecular weight excluding hydrogens is 388 g/mol. The van der Waals surface area contributed by atoms with Gasteiger partial charge in [0.15, 0.2) is 5.78 Å². The number of hydrogen-bond acceptors (Lipinski definition) is 1. The summed E-state index contributed by atoms with van der Waals surface area (Å²) in [6.45, 7) is 14.1. The number of carbonyl (C=O) groups is 1. The van der Waals surface area contributed by atoms with Crippen molar-refractivity contribution in [3.05, 3.63) is 48.0 Å². The minimum Gasteiger partial charge on any atom is -0.294 e. The Kier molecular flexibility index (Phi) is 7.04. The lowest BCUT2D eigenvalue weighted by molar-refractivity contribution is -0.0676. The molecule has 0 radical (unpaired) electrons. The van der Waals surface area contributed by atoms with Gasteiger partial charge in [0.1, 0.15) is 0 Å². The van der Waals surface area contributed by atoms with Gasteiger partial charge in [-0.2, -0.15) is 0 Å². The summed E-state index contributed by atoms with van der Waals surface area (Å²) in [6.07, 6.45) is 13.9. The number of allylic oxidation sites excluding steroid dienone is 1. The van der Waals surface area contributed by atoms with Crippen LogP contribution < -0.4 is 0 Å². The molecule has 1 aromatic rings. The molecule has 0 aromatic heterocycles. The highest BCUT2D eigenvalue weighted by atomic mass is 16.1. The third-order valence-corrected chi connectivity index (χ3v) is 10.4. The zero-order valence-electron chi connectivity index (χ0n) is 21.2. The van der Waals surface area contributed by atoms with Gasteiger partial charge in [-0.15, -0.1) is 0 Å². The van der Waals surface area contributed by atoms with Gasteiger partial charge in [0.25, 0.3) is 0 Å². The molecule has 0 aliphatic heterocycles. The smallest absolute Gasteiger partial charge is 0.163 e. The molecule has 3 saturated carbocycles. The normalized spacial score (nSPS) is 38.7. The average molecular weight is 435 g/mol. The zero-order chi connectivity index (χ0) is 22.9. The third kappa shape index (κ3) is 4.38. The average Bonchev–Trinajstić information content (AvgIpc) is 3.11. The van der Waals surface area contributed by atoms with Gasteiger partial charge in [-0.3, -0.25) is 4.79 Å². The molecule has 176 valence electrons. The lowest BCUT2D eigenvalue weighted by Crippen LogP contribution is -2.49. The van der Waals surface area contributed by atoms with E-state index in [-0.39, 0.29) is 5.41 Å². The minimum atomic E-state index is 0.216. The van der Waals surface area contributed by atoms with E-state index in [9.17, 15) is 4.79 Å². The van der Waals surface area contributed by atoms with Crippen LogP contribution in [0.4, 0.5) is 0 Å². The van der Waals surface area contributed by atoms with Gasteiger partial charge in [-0.1, -0.05) is 83.0 Å². The fraction of sp³-hybridized carbons (Fsp3) is 0.710. The van der Waals surface area contributed by atoms with Crippen molar-refractivity contribution in [1.82, 2.24) is 0 Å². The number of Topliss-reactive ketones (excluding diaryl/α,β-unsaturated/α-hetero) is 1. The first-order valence-electron chi connectivity index (χ1n) is 13.6. The molecule has 1 heteroatoms. The molecule has 4 rings (SSSR count). The maximum Gasteiger partial charge on any atom is 0.163 e. The van der Waals surface area contributed by atoms with Gasteiger partial charge in [0.05, 0.1) is 0 Å². The van der Waals surface area contributed by atoms with Crippen molar-refractivity contribution in [2.45, 2.75) is 98.3 Å². The Labute approximate surface area is 197 Å². The molecule has 0 spiro atoms. The lowest BCUT2D eigenvalue weighted by atomic mass is 9.48. The summed E-state index contributed by atoms with van der Waals surface area (Å²) < 4.78 is 0. The SMILES string of the molecule is C=C(CC)CC1(C)CC2CCC3(C)C(CCC)CCC3C2CC1CC(=O)c1ccccc1. The van der Waals surface area contributed by atoms with Crippen molar-refractivity contribution in [2.75, 3.05) is 0 Å². The summed E-state index contributed by atoms with van der Waals surface area (Å²) in [5, 5.41) is 0. The first kappa shape index (κ1) is 23.8. The Morgan fingerprint density at radius 1 is 1.06 bits per heavy atom. The van der Waals surface area contributed by atoms with E-state index < -0.39 is 0 Å². The first-order valence-corrected chi connectivity index (χ1v) is 13.6. The van der Waals surface area contributed by atoms with Crippen LogP contribution in [0.25, 0.3) is 0 Å². The second-order valence-electron chi connectivity index (χ2n) is 12.2. The van der Waals surface area contributed by atoms with Gasteiger partial charge in [0, 0.05) is 12.0 Å². The monoisotopic (exact) mass is 434 g/mol. The van der Waals surface area contributed by atoms with Gasteiger partial charge in [0.2, 0.25) is 0 Å². The van der Waals surface area contributed by atoms with Crippen LogP contribution in [0.15, 0.2) is 42.5 Å². The lowest BCUT2D eigenvalue weighted by Gasteiger charge is -2.57. The molecule has 3 aliphatic carbocycles. The summed E-state index contributed by atoms with van der Waals surface area (Å²) in [7, 11) is 0. The van der Waals surface area contributed by atoms with Crippen LogP contribution >= 0.6 is 0 Å². The standard InChI is InChI=1S/C31H46O/c1-6-11-25-14-15-28-27-18-26(19-29(32)23-12-9-8-10-13-23)30(4,20-22(3)7-2)21-24(27)16-17-31(25,28)5/h8-10,12-13,24-28H,3,6-7,11,14-21H2,1-2,4-5H3. The molecule has 32 heavy (non-hydrogen) atoms. The van der Waals surface area contributed by atoms with Crippen molar-refractivity contribution in [3.8, 4) is 0 Å². The number of hydrogen-bond donors (Lipinski definition) is 0. The Bertz CT molecular complexity index is 809. The van der Waals surface area contributed by atoms with E-state index in [1.54, 1.807) is 0 Å². The second-order valence-corrected chi connectivity index (χ2v) is 12.2. The largest absolute Gasteiger partial charge is 0.294 e. The van der Waals surface area contributed by atoms with Crippen LogP contribution in [0.3, 0.4) is 0 Å². The van der Waals surface area contributed by atoms with Crippen molar-refractivity contribution in [2.24, 2.45) is 40.4 Å². The van der Waals surface area contributed by atoms with Crippen LogP contribution in [-0.4, -0.2) is 5.78 Å². The van der Waals surface area contributed by atoms with Crippen LogP contribution in [-0.2, 0) is 0 Å². The Morgan fingerprint density at radius 3 is 2.50 bits per heavy atom. The fourth-order valence-electron chi connectivity index (χ4n) is 8.49. The van der Waals surface area contributed by atoms with E-state index in [0.29, 0.717) is 23.5 Å². The summed E-state index contributed by atoms with van der Waals surface area (Å²) in [6, 6.07) is 10.0. The van der Waals surface area contributed by atoms with Gasteiger partial charge >= 0.3 is 0 Å². The molecule has 3 fully saturated rings. The summed E-state index contributed by atoms with van der Waals surface area (Å²) in [5.41, 5.74) is 3.02. The van der Waals surface area contributed by atoms with Crippen molar-refractivity contribution in [1.29, 1.82) is 0 Å². The van der Waals surface area contributed by atoms with Crippen molar-refractivity contribution in [3.63, 3.8) is 0 Å². The van der Waals surface area contributed by atoms with Gasteiger partial charge in [-0.05, 0) is 91.8 Å². The molecule has 7 unspecified atom stereocenters. The molecule has 7 atom stereocenters. The van der Waals surface area contributed by atoms with Crippen LogP contribution in [0.5, 0.6) is 0 Å². The van der Waals surface area contributed by atoms with Crippen LogP contribution in [0, 0.1) is 40.4 Å². The third-order valence-electron chi connectivity index (χ3n) is 10.4. The van der Waals surface area contributed by atoms with Crippen molar-refractivity contribution < 1.29 is 4.79 Å². The zero-order valence-corrected chi connectivity index (χ0v) is 21.2. The Hall–Kier alpha value is -1.37. The Morgan fingerprint density at radius 2 is 1.81 bits per heavy atom. The molecule has 0 amide bonds. The summed E-state index contributed by atoms with van der Waals surface area (Å²) in [4.78, 5) is 13.3. The number of fused-ring (bicyclic) bond motifs is 3. The minimum absolute atomic E-state index is 0.216. The number of ketones is 1. The van der Waals surface area contributed by atoms with E-state index in [4.69, 9.17) is 0 Å². The van der Waals surface area contributed by atoms with E-state index in [1.807, 2.05) is 30.3 Å². The molecular formula is C31H46O. The van der Waals surface area contributed by atoms with E-state index in [2.05, 4.69) is 34.3 Å². The fourth-order valence-corrected chi connectivity index (χ4v) is 8.49. The quantitative estimate of drug-likeness (QED) is 0.295. The second kappa shape index (κ2) is 9.47. The molecule has 1 nitrogen and oxygen atoms in total. The number of rotatable bonds is 8. The highest BCUT2D eigenvalue weighted by Gasteiger charge is 2.57. The van der Waals surface area contributed by atoms with Crippen molar-refractivity contribution >= 4 is 5.78 Å². The number of carbonyl (C=O) groups excluding carboxylic acids is 1. The maximum atomic E-state index is 13.3. The van der Waals surface area contributed by atoms with Crippen LogP contribution in [0.2, 0.25) is 0 Å². The highest BCUT2D eigenvalue weighted by Crippen LogP contribution is 2.65. The van der Waals surface area contributed by atoms with Gasteiger partial charge < -0.3 is 0 Å². The molecule has 1 aromatic carbocycles.